The molecule has 4 aliphatic carbocycles. The summed E-state index contributed by atoms with van der Waals surface area (Å²) < 4.78 is 28.8. The van der Waals surface area contributed by atoms with Gasteiger partial charge in [0, 0.05) is 55.1 Å². The van der Waals surface area contributed by atoms with E-state index in [9.17, 15) is 4.39 Å². The summed E-state index contributed by atoms with van der Waals surface area (Å²) >= 11 is 0. The van der Waals surface area contributed by atoms with Crippen LogP contribution in [0.4, 0.5) is 32.8 Å². The third-order valence-corrected chi connectivity index (χ3v) is 19.0. The standard InChI is InChI=1S/C47H33FN2O.C29H23NO/c48-30-18-20-31(21-19-30)50-41-14-5-2-11-36(41)38-28-32(23-25-42(38)50)49(43-15-9-17-45-46(43)37-12-3-6-16-44(37)51-45)33-22-24-35-34-10-1-4-13-39(34)47(40(35)29-33)26-7-8-27-47;1-3-10-23-20(8-1)21-15-14-19(18-24(21)29(23)16-5-6-17-29)30-25-11-7-13-27-28(25)22-9-2-4-12-26(22)31-27/h1-6,9-25,28-29H,7-8,26-27H2;1-4,7-15,18,30H,5-6,16-17H2. The number of aromatic nitrogens is 1. The van der Waals surface area contributed by atoms with Crippen molar-refractivity contribution >= 4 is 94.1 Å². The van der Waals surface area contributed by atoms with Gasteiger partial charge in [-0.05, 0) is 179 Å². The highest BCUT2D eigenvalue weighted by atomic mass is 19.1. The molecule has 2 saturated carbocycles. The Kier molecular flexibility index (Phi) is 10.5. The monoisotopic (exact) mass is 1060 g/mol. The highest BCUT2D eigenvalue weighted by Gasteiger charge is 2.46. The number of rotatable bonds is 6. The van der Waals surface area contributed by atoms with Crippen molar-refractivity contribution in [1.82, 2.24) is 4.57 Å². The molecule has 5 nitrogen and oxygen atoms in total. The molecule has 3 heterocycles. The maximum atomic E-state index is 14.0. The van der Waals surface area contributed by atoms with Crippen LogP contribution in [0.25, 0.3) is 93.6 Å². The van der Waals surface area contributed by atoms with Crippen molar-refractivity contribution in [1.29, 1.82) is 0 Å². The minimum Gasteiger partial charge on any atom is -0.456 e. The van der Waals surface area contributed by atoms with Crippen LogP contribution in [0, 0.1) is 5.82 Å². The fourth-order valence-corrected chi connectivity index (χ4v) is 15.5. The van der Waals surface area contributed by atoms with E-state index in [1.807, 2.05) is 36.4 Å². The van der Waals surface area contributed by atoms with E-state index in [2.05, 4.69) is 203 Å². The number of furan rings is 2. The quantitative estimate of drug-likeness (QED) is 0.180. The van der Waals surface area contributed by atoms with E-state index >= 15 is 0 Å². The minimum absolute atomic E-state index is 0.0501. The summed E-state index contributed by atoms with van der Waals surface area (Å²) in [5, 5.41) is 10.5. The van der Waals surface area contributed by atoms with Crippen molar-refractivity contribution in [3.63, 3.8) is 0 Å². The minimum atomic E-state index is -0.241. The van der Waals surface area contributed by atoms with Crippen LogP contribution in [-0.4, -0.2) is 4.57 Å². The highest BCUT2D eigenvalue weighted by molar-refractivity contribution is 6.15. The van der Waals surface area contributed by atoms with Gasteiger partial charge < -0.3 is 23.6 Å². The van der Waals surface area contributed by atoms with Gasteiger partial charge >= 0.3 is 0 Å². The second-order valence-electron chi connectivity index (χ2n) is 23.2. The van der Waals surface area contributed by atoms with Gasteiger partial charge in [0.2, 0.25) is 0 Å². The molecule has 4 aliphatic rings. The number of halogens is 1. The molecule has 6 heteroatoms. The molecule has 0 bridgehead atoms. The Bertz CT molecular complexity index is 4890. The van der Waals surface area contributed by atoms with Crippen LogP contribution in [0.1, 0.15) is 73.6 Å². The molecule has 0 amide bonds. The van der Waals surface area contributed by atoms with Gasteiger partial charge in [0.1, 0.15) is 28.1 Å². The lowest BCUT2D eigenvalue weighted by atomic mass is 9.76. The van der Waals surface area contributed by atoms with E-state index in [0.717, 1.165) is 99.8 Å². The van der Waals surface area contributed by atoms with Crippen molar-refractivity contribution in [2.24, 2.45) is 0 Å². The fourth-order valence-electron chi connectivity index (χ4n) is 15.5. The largest absolute Gasteiger partial charge is 0.456 e. The van der Waals surface area contributed by atoms with Gasteiger partial charge in [-0.2, -0.15) is 0 Å². The number of hydrogen-bond acceptors (Lipinski definition) is 4. The lowest BCUT2D eigenvalue weighted by molar-refractivity contribution is 0.550. The van der Waals surface area contributed by atoms with Crippen molar-refractivity contribution in [2.75, 3.05) is 10.2 Å². The van der Waals surface area contributed by atoms with Gasteiger partial charge in [0.25, 0.3) is 0 Å². The third-order valence-electron chi connectivity index (χ3n) is 19.0. The maximum absolute atomic E-state index is 14.0. The first-order chi connectivity index (χ1) is 40.5. The predicted octanol–water partition coefficient (Wildman–Crippen LogP) is 21.3. The van der Waals surface area contributed by atoms with E-state index in [1.54, 1.807) is 0 Å². The van der Waals surface area contributed by atoms with Gasteiger partial charge in [-0.25, -0.2) is 4.39 Å². The Labute approximate surface area is 474 Å². The van der Waals surface area contributed by atoms with Crippen LogP contribution in [0.5, 0.6) is 0 Å². The van der Waals surface area contributed by atoms with Crippen LogP contribution < -0.4 is 10.2 Å². The number of hydrogen-bond donors (Lipinski definition) is 1. The van der Waals surface area contributed by atoms with Crippen LogP contribution in [-0.2, 0) is 10.8 Å². The predicted molar refractivity (Wildman–Crippen MR) is 336 cm³/mol. The lowest BCUT2D eigenvalue weighted by Crippen LogP contribution is -2.21. The van der Waals surface area contributed by atoms with Crippen molar-refractivity contribution in [2.45, 2.75) is 62.2 Å². The molecule has 0 atom stereocenters. The first-order valence-corrected chi connectivity index (χ1v) is 29.2. The maximum Gasteiger partial charge on any atom is 0.137 e. The van der Waals surface area contributed by atoms with Crippen molar-refractivity contribution < 1.29 is 13.2 Å². The molecule has 11 aromatic carbocycles. The molecule has 0 radical (unpaired) electrons. The molecular formula is C76H56FN3O2. The molecule has 82 heavy (non-hydrogen) atoms. The molecular weight excluding hydrogens is 1010 g/mol. The molecule has 2 fully saturated rings. The summed E-state index contributed by atoms with van der Waals surface area (Å²) in [6.45, 7) is 0. The summed E-state index contributed by atoms with van der Waals surface area (Å²) in [5.41, 5.74) is 24.0. The number of para-hydroxylation sites is 3. The lowest BCUT2D eigenvalue weighted by Gasteiger charge is -2.30. The summed E-state index contributed by atoms with van der Waals surface area (Å²) in [6, 6.07) is 83.5. The van der Waals surface area contributed by atoms with E-state index < -0.39 is 0 Å². The number of benzene rings is 11. The summed E-state index contributed by atoms with van der Waals surface area (Å²) in [5.74, 6) is -0.241. The van der Waals surface area contributed by atoms with Crippen LogP contribution in [0.2, 0.25) is 0 Å². The van der Waals surface area contributed by atoms with E-state index in [-0.39, 0.29) is 16.6 Å². The Morgan fingerprint density at radius 2 is 0.902 bits per heavy atom. The molecule has 2 spiro atoms. The fraction of sp³-hybridized carbons (Fsp3) is 0.132. The first-order valence-electron chi connectivity index (χ1n) is 29.2. The van der Waals surface area contributed by atoms with Crippen LogP contribution in [0.3, 0.4) is 0 Å². The van der Waals surface area contributed by atoms with Gasteiger partial charge in [-0.15, -0.1) is 0 Å². The smallest absolute Gasteiger partial charge is 0.137 e. The Hall–Kier alpha value is -9.65. The number of nitrogens with zero attached hydrogens (tertiary/aromatic N) is 2. The van der Waals surface area contributed by atoms with E-state index in [0.29, 0.717) is 0 Å². The molecule has 394 valence electrons. The molecule has 0 aliphatic heterocycles. The van der Waals surface area contributed by atoms with E-state index in [1.165, 1.54) is 108 Å². The number of fused-ring (bicyclic) bond motifs is 19. The zero-order chi connectivity index (χ0) is 54.1. The summed E-state index contributed by atoms with van der Waals surface area (Å²) in [4.78, 5) is 2.43. The number of anilines is 5. The van der Waals surface area contributed by atoms with Gasteiger partial charge in [-0.3, -0.25) is 0 Å². The number of nitrogens with one attached hydrogen (secondary N) is 1. The van der Waals surface area contributed by atoms with Gasteiger partial charge in [0.15, 0.2) is 0 Å². The zero-order valence-electron chi connectivity index (χ0n) is 45.3. The average Bonchev–Trinajstić information content (AvgIpc) is 3.02. The van der Waals surface area contributed by atoms with Crippen molar-refractivity contribution in [3.8, 4) is 27.9 Å². The molecule has 3 aromatic heterocycles. The van der Waals surface area contributed by atoms with Gasteiger partial charge in [0.05, 0.1) is 33.2 Å². The van der Waals surface area contributed by atoms with Crippen LogP contribution >= 0.6 is 0 Å². The summed E-state index contributed by atoms with van der Waals surface area (Å²) in [7, 11) is 0. The molecule has 0 unspecified atom stereocenters. The van der Waals surface area contributed by atoms with Gasteiger partial charge in [-0.1, -0.05) is 153 Å². The average molecular weight is 1060 g/mol. The third kappa shape index (κ3) is 6.97. The topological polar surface area (TPSA) is 46.5 Å². The Morgan fingerprint density at radius 3 is 1.60 bits per heavy atom. The Balaban J connectivity index is 0.000000147. The molecule has 14 aromatic rings. The van der Waals surface area contributed by atoms with E-state index in [4.69, 9.17) is 8.83 Å². The molecule has 0 saturated heterocycles. The Morgan fingerprint density at radius 1 is 0.390 bits per heavy atom. The molecule has 18 rings (SSSR count). The SMILES string of the molecule is Fc1ccc(-n2c3ccccc3c3cc(N(c4ccc5c(c4)C4(CCCC4)c4ccccc4-5)c4cccc5oc6ccccc6c45)ccc32)cc1.c1ccc2c(c1)-c1ccc(Nc3cccc4oc5ccccc5c34)cc1C21CCCC1. The van der Waals surface area contributed by atoms with Crippen LogP contribution in [0.15, 0.2) is 245 Å². The zero-order valence-corrected chi connectivity index (χ0v) is 45.3. The molecule has 1 N–H and O–H groups in total. The summed E-state index contributed by atoms with van der Waals surface area (Å²) in [6.07, 6.45) is 9.98. The normalized spacial score (nSPS) is 15.2. The second kappa shape index (κ2) is 18.2. The first kappa shape index (κ1) is 47.2. The highest BCUT2D eigenvalue weighted by Crippen LogP contribution is 2.59. The second-order valence-corrected chi connectivity index (χ2v) is 23.2. The van der Waals surface area contributed by atoms with Crippen molar-refractivity contribution in [3.05, 3.63) is 265 Å².